The number of carbonyl (C=O) groups is 1. The van der Waals surface area contributed by atoms with Gasteiger partial charge in [0.2, 0.25) is 0 Å². The summed E-state index contributed by atoms with van der Waals surface area (Å²) in [6.45, 7) is 2.80. The van der Waals surface area contributed by atoms with Crippen LogP contribution in [-0.2, 0) is 4.79 Å². The van der Waals surface area contributed by atoms with Crippen molar-refractivity contribution < 1.29 is 4.79 Å². The van der Waals surface area contributed by atoms with Crippen molar-refractivity contribution in [1.82, 2.24) is 10.2 Å². The van der Waals surface area contributed by atoms with Crippen molar-refractivity contribution in [3.63, 3.8) is 0 Å². The molecule has 0 aromatic heterocycles. The van der Waals surface area contributed by atoms with Gasteiger partial charge in [-0.2, -0.15) is 5.26 Å². The largest absolute Gasteiger partial charge is 0.360 e. The number of nitrogens with one attached hydrogen (secondary N) is 2. The maximum atomic E-state index is 12.2. The highest BCUT2D eigenvalue weighted by Crippen LogP contribution is 2.16. The Bertz CT molecular complexity index is 559. The van der Waals surface area contributed by atoms with E-state index in [0.717, 1.165) is 23.2 Å². The number of rotatable bonds is 3. The Morgan fingerprint density at radius 1 is 1.45 bits per heavy atom. The van der Waals surface area contributed by atoms with Crippen LogP contribution in [0.15, 0.2) is 40.5 Å². The lowest BCUT2D eigenvalue weighted by Crippen LogP contribution is -2.46. The summed E-state index contributed by atoms with van der Waals surface area (Å²) in [6, 6.07) is 9.49. The predicted molar refractivity (Wildman–Crippen MR) is 80.9 cm³/mol. The minimum atomic E-state index is -0.225. The van der Waals surface area contributed by atoms with Gasteiger partial charge in [0.1, 0.15) is 11.6 Å². The van der Waals surface area contributed by atoms with Crippen molar-refractivity contribution in [1.29, 1.82) is 5.26 Å². The van der Waals surface area contributed by atoms with Crippen molar-refractivity contribution in [3.05, 3.63) is 40.5 Å². The number of anilines is 1. The van der Waals surface area contributed by atoms with Crippen LogP contribution in [0.1, 0.15) is 0 Å². The molecular formula is C14H15BrN4O. The van der Waals surface area contributed by atoms with Gasteiger partial charge in [0.25, 0.3) is 5.91 Å². The van der Waals surface area contributed by atoms with Gasteiger partial charge < -0.3 is 15.5 Å². The van der Waals surface area contributed by atoms with E-state index in [9.17, 15) is 4.79 Å². The number of nitriles is 1. The highest BCUT2D eigenvalue weighted by molar-refractivity contribution is 9.10. The van der Waals surface area contributed by atoms with Gasteiger partial charge in [-0.1, -0.05) is 22.0 Å². The summed E-state index contributed by atoms with van der Waals surface area (Å²) in [6.07, 6.45) is 1.46. The van der Waals surface area contributed by atoms with Crippen LogP contribution in [-0.4, -0.2) is 37.0 Å². The van der Waals surface area contributed by atoms with E-state index >= 15 is 0 Å². The van der Waals surface area contributed by atoms with E-state index in [-0.39, 0.29) is 11.5 Å². The molecule has 1 fully saturated rings. The Labute approximate surface area is 126 Å². The number of carbonyl (C=O) groups excluding carboxylic acids is 1. The molecule has 6 heteroatoms. The zero-order chi connectivity index (χ0) is 14.4. The molecule has 1 aliphatic rings. The van der Waals surface area contributed by atoms with Crippen LogP contribution in [0.2, 0.25) is 0 Å². The van der Waals surface area contributed by atoms with E-state index in [1.807, 2.05) is 30.3 Å². The highest BCUT2D eigenvalue weighted by atomic mass is 79.9. The van der Waals surface area contributed by atoms with Crippen LogP contribution in [0.3, 0.4) is 0 Å². The van der Waals surface area contributed by atoms with Crippen molar-refractivity contribution >= 4 is 27.5 Å². The molecular weight excluding hydrogens is 320 g/mol. The minimum Gasteiger partial charge on any atom is -0.360 e. The molecule has 0 unspecified atom stereocenters. The fraction of sp³-hybridized carbons (Fsp3) is 0.286. The molecule has 5 nitrogen and oxygen atoms in total. The second kappa shape index (κ2) is 7.08. The van der Waals surface area contributed by atoms with Gasteiger partial charge in [0.15, 0.2) is 0 Å². The Balaban J connectivity index is 2.05. The number of benzene rings is 1. The summed E-state index contributed by atoms with van der Waals surface area (Å²) < 4.78 is 0.933. The fourth-order valence-electron chi connectivity index (χ4n) is 1.91. The maximum Gasteiger partial charge on any atom is 0.266 e. The number of hydrogen-bond acceptors (Lipinski definition) is 4. The summed E-state index contributed by atoms with van der Waals surface area (Å²) in [5.74, 6) is -0.225. The Morgan fingerprint density at radius 2 is 2.20 bits per heavy atom. The molecule has 20 heavy (non-hydrogen) atoms. The van der Waals surface area contributed by atoms with Crippen molar-refractivity contribution in [2.24, 2.45) is 0 Å². The molecule has 1 aliphatic heterocycles. The van der Waals surface area contributed by atoms with Gasteiger partial charge in [-0.05, 0) is 18.2 Å². The average molecular weight is 335 g/mol. The molecule has 0 aliphatic carbocycles. The van der Waals surface area contributed by atoms with Gasteiger partial charge in [0.05, 0.1) is 0 Å². The molecule has 1 saturated heterocycles. The predicted octanol–water partition coefficient (Wildman–Crippen LogP) is 1.70. The van der Waals surface area contributed by atoms with Gasteiger partial charge in [0, 0.05) is 42.5 Å². The summed E-state index contributed by atoms with van der Waals surface area (Å²) in [5, 5.41) is 15.3. The van der Waals surface area contributed by atoms with Crippen LogP contribution in [0.5, 0.6) is 0 Å². The molecule has 0 saturated carbocycles. The SMILES string of the molecule is N#C/C(=C/Nc1cccc(Br)c1)C(=O)N1CCNCC1. The summed E-state index contributed by atoms with van der Waals surface area (Å²) in [5.41, 5.74) is 0.937. The molecule has 2 rings (SSSR count). The first-order chi connectivity index (χ1) is 9.70. The lowest BCUT2D eigenvalue weighted by Gasteiger charge is -2.27. The van der Waals surface area contributed by atoms with Gasteiger partial charge >= 0.3 is 0 Å². The highest BCUT2D eigenvalue weighted by Gasteiger charge is 2.19. The Hall–Kier alpha value is -1.84. The Kier molecular flexibility index (Phi) is 5.16. The monoisotopic (exact) mass is 334 g/mol. The third-order valence-electron chi connectivity index (χ3n) is 2.96. The molecule has 1 heterocycles. The van der Waals surface area contributed by atoms with E-state index in [4.69, 9.17) is 5.26 Å². The molecule has 0 atom stereocenters. The van der Waals surface area contributed by atoms with Gasteiger partial charge in [-0.25, -0.2) is 0 Å². The van der Waals surface area contributed by atoms with E-state index in [1.165, 1.54) is 6.20 Å². The maximum absolute atomic E-state index is 12.2. The van der Waals surface area contributed by atoms with Crippen molar-refractivity contribution in [2.45, 2.75) is 0 Å². The third-order valence-corrected chi connectivity index (χ3v) is 3.46. The molecule has 2 N–H and O–H groups in total. The minimum absolute atomic E-state index is 0.117. The second-order valence-corrected chi connectivity index (χ2v) is 5.28. The summed E-state index contributed by atoms with van der Waals surface area (Å²) in [4.78, 5) is 13.9. The first-order valence-electron chi connectivity index (χ1n) is 6.33. The molecule has 104 valence electrons. The summed E-state index contributed by atoms with van der Waals surface area (Å²) in [7, 11) is 0. The number of hydrogen-bond donors (Lipinski definition) is 2. The van der Waals surface area contributed by atoms with E-state index in [1.54, 1.807) is 4.90 Å². The van der Waals surface area contributed by atoms with E-state index in [2.05, 4.69) is 26.6 Å². The fourth-order valence-corrected chi connectivity index (χ4v) is 2.31. The van der Waals surface area contributed by atoms with Crippen molar-refractivity contribution in [2.75, 3.05) is 31.5 Å². The average Bonchev–Trinajstić information content (AvgIpc) is 2.48. The van der Waals surface area contributed by atoms with Crippen LogP contribution in [0, 0.1) is 11.3 Å². The van der Waals surface area contributed by atoms with Crippen LogP contribution >= 0.6 is 15.9 Å². The van der Waals surface area contributed by atoms with Crippen molar-refractivity contribution in [3.8, 4) is 6.07 Å². The quantitative estimate of drug-likeness (QED) is 0.652. The smallest absolute Gasteiger partial charge is 0.266 e. The Morgan fingerprint density at radius 3 is 2.85 bits per heavy atom. The third kappa shape index (κ3) is 3.83. The number of nitrogens with zero attached hydrogens (tertiary/aromatic N) is 2. The van der Waals surface area contributed by atoms with Crippen LogP contribution < -0.4 is 10.6 Å². The number of halogens is 1. The van der Waals surface area contributed by atoms with Crippen LogP contribution in [0.4, 0.5) is 5.69 Å². The molecule has 1 aromatic carbocycles. The standard InChI is InChI=1S/C14H15BrN4O/c15-12-2-1-3-13(8-12)18-10-11(9-16)14(20)19-6-4-17-5-7-19/h1-3,8,10,17-18H,4-7H2/b11-10-. The van der Waals surface area contributed by atoms with E-state index in [0.29, 0.717) is 13.1 Å². The lowest BCUT2D eigenvalue weighted by atomic mass is 10.2. The zero-order valence-corrected chi connectivity index (χ0v) is 12.5. The van der Waals surface area contributed by atoms with Gasteiger partial charge in [-0.3, -0.25) is 4.79 Å². The first-order valence-corrected chi connectivity index (χ1v) is 7.12. The van der Waals surface area contributed by atoms with E-state index < -0.39 is 0 Å². The molecule has 1 aromatic rings. The number of amides is 1. The molecule has 1 amide bonds. The molecule has 0 bridgehead atoms. The zero-order valence-electron chi connectivity index (χ0n) is 10.9. The van der Waals surface area contributed by atoms with Gasteiger partial charge in [-0.15, -0.1) is 0 Å². The van der Waals surface area contributed by atoms with Crippen LogP contribution in [0.25, 0.3) is 0 Å². The first kappa shape index (κ1) is 14.6. The molecule has 0 spiro atoms. The number of piperazine rings is 1. The second-order valence-electron chi connectivity index (χ2n) is 4.37. The normalized spacial score (nSPS) is 15.6. The summed E-state index contributed by atoms with van der Waals surface area (Å²) >= 11 is 3.37. The topological polar surface area (TPSA) is 68.2 Å². The lowest BCUT2D eigenvalue weighted by molar-refractivity contribution is -0.127. The molecule has 0 radical (unpaired) electrons.